The molecule has 0 bridgehead atoms. The van der Waals surface area contributed by atoms with Crippen molar-refractivity contribution in [1.82, 2.24) is 35.4 Å². The lowest BCUT2D eigenvalue weighted by Gasteiger charge is -2.14. The molecule has 0 aromatic carbocycles. The molecule has 1 fully saturated rings. The largest absolute Gasteiger partial charge is 0.480 e. The lowest BCUT2D eigenvalue weighted by Crippen LogP contribution is -2.41. The molecule has 3 N–H and O–H groups in total. The third-order valence-electron chi connectivity index (χ3n) is 5.32. The van der Waals surface area contributed by atoms with Gasteiger partial charge in [0.05, 0.1) is 32.1 Å². The summed E-state index contributed by atoms with van der Waals surface area (Å²) >= 11 is 0. The van der Waals surface area contributed by atoms with Gasteiger partial charge in [-0.2, -0.15) is 14.6 Å². The first-order valence-corrected chi connectivity index (χ1v) is 12.0. The van der Waals surface area contributed by atoms with Crippen molar-refractivity contribution in [2.24, 2.45) is 7.05 Å². The average molecular weight is 557 g/mol. The van der Waals surface area contributed by atoms with Crippen LogP contribution in [0.5, 0.6) is 5.88 Å². The molecule has 0 aliphatic carbocycles. The van der Waals surface area contributed by atoms with Crippen LogP contribution in [-0.2, 0) is 16.6 Å². The van der Waals surface area contributed by atoms with Gasteiger partial charge in [-0.25, -0.2) is 14.8 Å². The summed E-state index contributed by atoms with van der Waals surface area (Å²) in [6, 6.07) is 7.42. The van der Waals surface area contributed by atoms with E-state index in [1.165, 1.54) is 31.1 Å². The summed E-state index contributed by atoms with van der Waals surface area (Å²) in [6.07, 6.45) is 11.0. The number of anilines is 1. The van der Waals surface area contributed by atoms with Crippen molar-refractivity contribution in [3.8, 4) is 30.0 Å². The van der Waals surface area contributed by atoms with E-state index in [0.717, 1.165) is 0 Å². The Bertz CT molecular complexity index is 1250. The number of methoxy groups -OCH3 is 2. The first kappa shape index (κ1) is 31.6. The van der Waals surface area contributed by atoms with Crippen molar-refractivity contribution in [1.29, 1.82) is 0 Å². The monoisotopic (exact) mass is 556 g/mol. The van der Waals surface area contributed by atoms with E-state index in [0.29, 0.717) is 48.9 Å². The SMILES string of the molecule is C#C.CNC(=O)c1cc(-c2cc(NC(=O)N[C@H]3CON(CCOC)C3)n(C)n2)cnc1OC.Fc1ccccn1. The lowest BCUT2D eigenvalue weighted by atomic mass is 10.1. The Morgan fingerprint density at radius 2 is 2.00 bits per heavy atom. The molecule has 0 radical (unpaired) electrons. The normalized spacial score (nSPS) is 14.1. The highest BCUT2D eigenvalue weighted by Gasteiger charge is 2.25. The minimum atomic E-state index is -0.428. The van der Waals surface area contributed by atoms with Gasteiger partial charge in [-0.3, -0.25) is 19.6 Å². The van der Waals surface area contributed by atoms with E-state index in [-0.39, 0.29) is 23.9 Å². The van der Waals surface area contributed by atoms with Crippen molar-refractivity contribution in [3.63, 3.8) is 0 Å². The van der Waals surface area contributed by atoms with Crippen molar-refractivity contribution in [2.75, 3.05) is 52.9 Å². The van der Waals surface area contributed by atoms with Crippen molar-refractivity contribution in [3.05, 3.63) is 54.2 Å². The van der Waals surface area contributed by atoms with Crippen LogP contribution in [0, 0.1) is 18.8 Å². The van der Waals surface area contributed by atoms with Crippen LogP contribution in [0.3, 0.4) is 0 Å². The van der Waals surface area contributed by atoms with Gasteiger partial charge in [0.25, 0.3) is 5.91 Å². The van der Waals surface area contributed by atoms with Crippen LogP contribution in [0.1, 0.15) is 10.4 Å². The van der Waals surface area contributed by atoms with E-state index < -0.39 is 5.95 Å². The summed E-state index contributed by atoms with van der Waals surface area (Å²) in [4.78, 5) is 37.5. The third-order valence-corrected chi connectivity index (χ3v) is 5.32. The Balaban J connectivity index is 0.000000534. The first-order chi connectivity index (χ1) is 19.3. The Morgan fingerprint density at radius 1 is 1.23 bits per heavy atom. The number of urea groups is 1. The molecule has 1 aliphatic heterocycles. The quantitative estimate of drug-likeness (QED) is 0.279. The number of aromatic nitrogens is 4. The Labute approximate surface area is 232 Å². The highest BCUT2D eigenvalue weighted by molar-refractivity contribution is 5.97. The van der Waals surface area contributed by atoms with Crippen LogP contribution in [0.15, 0.2) is 42.7 Å². The van der Waals surface area contributed by atoms with Gasteiger partial charge >= 0.3 is 6.03 Å². The molecule has 13 nitrogen and oxygen atoms in total. The number of rotatable bonds is 8. The summed E-state index contributed by atoms with van der Waals surface area (Å²) in [7, 11) is 6.31. The molecule has 0 unspecified atom stereocenters. The molecular weight excluding hydrogens is 523 g/mol. The molecule has 3 aromatic heterocycles. The molecule has 1 atom stereocenters. The molecule has 0 spiro atoms. The van der Waals surface area contributed by atoms with E-state index in [1.54, 1.807) is 49.7 Å². The number of hydroxylamine groups is 2. The molecule has 14 heteroatoms. The van der Waals surface area contributed by atoms with Crippen LogP contribution >= 0.6 is 0 Å². The number of carbonyl (C=O) groups excluding carboxylic acids is 2. The second-order valence-corrected chi connectivity index (χ2v) is 8.02. The highest BCUT2D eigenvalue weighted by atomic mass is 19.1. The van der Waals surface area contributed by atoms with E-state index in [1.807, 2.05) is 0 Å². The number of nitrogens with zero attached hydrogens (tertiary/aromatic N) is 5. The number of hydrogen-bond donors (Lipinski definition) is 3. The van der Waals surface area contributed by atoms with Gasteiger partial charge in [-0.05, 0) is 18.2 Å². The number of halogens is 1. The zero-order valence-corrected chi connectivity index (χ0v) is 22.8. The Kier molecular flexibility index (Phi) is 13.0. The summed E-state index contributed by atoms with van der Waals surface area (Å²) in [5.74, 6) is -0.0456. The second kappa shape index (κ2) is 16.4. The summed E-state index contributed by atoms with van der Waals surface area (Å²) in [5, 5.41) is 14.4. The second-order valence-electron chi connectivity index (χ2n) is 8.02. The maximum absolute atomic E-state index is 12.4. The topological polar surface area (TPSA) is 145 Å². The van der Waals surface area contributed by atoms with Gasteiger partial charge in [-0.15, -0.1) is 12.8 Å². The van der Waals surface area contributed by atoms with Gasteiger partial charge in [-0.1, -0.05) is 6.07 Å². The fourth-order valence-corrected chi connectivity index (χ4v) is 3.44. The van der Waals surface area contributed by atoms with E-state index in [9.17, 15) is 14.0 Å². The predicted octanol–water partition coefficient (Wildman–Crippen LogP) is 1.70. The molecule has 0 saturated carbocycles. The number of pyridine rings is 2. The van der Waals surface area contributed by atoms with Crippen LogP contribution < -0.4 is 20.7 Å². The molecule has 4 rings (SSSR count). The number of carbonyl (C=O) groups is 2. The standard InChI is InChI=1S/C19H27N7O5.C5H4FN.C2H2/c1-20-17(27)14-7-12(9-21-18(14)30-4)15-8-16(25(2)24-15)23-19(28)22-13-10-26(31-11-13)5-6-29-3;6-5-3-1-2-4-7-5;1-2/h7-9,13H,5-6,10-11H2,1-4H3,(H,20,27)(H2,22,23,28);1-4H;1-2H/t13-;;/m1../s1. The number of hydrogen-bond acceptors (Lipinski definition) is 9. The van der Waals surface area contributed by atoms with Crippen LogP contribution in [0.4, 0.5) is 15.0 Å². The predicted molar refractivity (Wildman–Crippen MR) is 146 cm³/mol. The highest BCUT2D eigenvalue weighted by Crippen LogP contribution is 2.25. The van der Waals surface area contributed by atoms with Gasteiger partial charge in [0, 0.05) is 58.3 Å². The number of amides is 3. The molecule has 1 saturated heterocycles. The number of ether oxygens (including phenoxy) is 2. The molecule has 4 heterocycles. The zero-order valence-electron chi connectivity index (χ0n) is 22.8. The smallest absolute Gasteiger partial charge is 0.320 e. The summed E-state index contributed by atoms with van der Waals surface area (Å²) < 4.78 is 23.5. The number of nitrogens with one attached hydrogen (secondary N) is 3. The third kappa shape index (κ3) is 9.31. The van der Waals surface area contributed by atoms with Crippen molar-refractivity contribution < 1.29 is 28.3 Å². The maximum Gasteiger partial charge on any atom is 0.320 e. The van der Waals surface area contributed by atoms with Crippen molar-refractivity contribution >= 4 is 17.8 Å². The van der Waals surface area contributed by atoms with E-state index >= 15 is 0 Å². The minimum Gasteiger partial charge on any atom is -0.480 e. The molecule has 214 valence electrons. The van der Waals surface area contributed by atoms with E-state index in [2.05, 4.69) is 43.9 Å². The van der Waals surface area contributed by atoms with Gasteiger partial charge in [0.2, 0.25) is 11.8 Å². The van der Waals surface area contributed by atoms with Gasteiger partial charge in [0.1, 0.15) is 11.4 Å². The van der Waals surface area contributed by atoms with Crippen LogP contribution in [-0.4, -0.2) is 90.4 Å². The average Bonchev–Trinajstić information content (AvgIpc) is 3.58. The summed E-state index contributed by atoms with van der Waals surface area (Å²) in [5.41, 5.74) is 1.45. The van der Waals surface area contributed by atoms with Crippen LogP contribution in [0.2, 0.25) is 0 Å². The van der Waals surface area contributed by atoms with Crippen LogP contribution in [0.25, 0.3) is 11.3 Å². The molecule has 3 amide bonds. The molecule has 3 aromatic rings. The molecular formula is C26H33FN8O5. The zero-order chi connectivity index (χ0) is 29.5. The summed E-state index contributed by atoms with van der Waals surface area (Å²) in [6.45, 7) is 2.16. The maximum atomic E-state index is 12.4. The molecule has 1 aliphatic rings. The molecule has 40 heavy (non-hydrogen) atoms. The van der Waals surface area contributed by atoms with Gasteiger partial charge < -0.3 is 20.1 Å². The fraction of sp³-hybridized carbons (Fsp3) is 0.346. The Morgan fingerprint density at radius 3 is 2.60 bits per heavy atom. The number of terminal acetylenes is 1. The fourth-order valence-electron chi connectivity index (χ4n) is 3.44. The minimum absolute atomic E-state index is 0.134. The van der Waals surface area contributed by atoms with Gasteiger partial charge in [0.15, 0.2) is 0 Å². The van der Waals surface area contributed by atoms with E-state index in [4.69, 9.17) is 14.3 Å². The number of aryl methyl sites for hydroxylation is 1. The Hall–Kier alpha value is -4.58. The van der Waals surface area contributed by atoms with Crippen molar-refractivity contribution in [2.45, 2.75) is 6.04 Å². The lowest BCUT2D eigenvalue weighted by molar-refractivity contribution is -0.118. The first-order valence-electron chi connectivity index (χ1n) is 12.0.